The van der Waals surface area contributed by atoms with Crippen LogP contribution in [0.3, 0.4) is 0 Å². The van der Waals surface area contributed by atoms with E-state index in [0.29, 0.717) is 6.61 Å². The van der Waals surface area contributed by atoms with Crippen LogP contribution in [-0.2, 0) is 4.74 Å². The predicted octanol–water partition coefficient (Wildman–Crippen LogP) is 1.90. The van der Waals surface area contributed by atoms with Crippen molar-refractivity contribution in [3.8, 4) is 0 Å². The van der Waals surface area contributed by atoms with Crippen molar-refractivity contribution < 1.29 is 9.53 Å². The number of rotatable bonds is 4. The molecule has 1 amide bonds. The summed E-state index contributed by atoms with van der Waals surface area (Å²) in [7, 11) is 2.13. The van der Waals surface area contributed by atoms with Crippen molar-refractivity contribution in [2.45, 2.75) is 0 Å². The number of hydrogen-bond donors (Lipinski definition) is 1. The first-order chi connectivity index (χ1) is 9.24. The van der Waals surface area contributed by atoms with Gasteiger partial charge in [0, 0.05) is 38.4 Å². The number of benzene rings is 1. The van der Waals surface area contributed by atoms with Crippen molar-refractivity contribution in [3.05, 3.63) is 30.3 Å². The second kappa shape index (κ2) is 8.79. The molecule has 0 radical (unpaired) electrons. The van der Waals surface area contributed by atoms with E-state index in [0.717, 1.165) is 38.4 Å². The number of carbonyl (C=O) groups is 1. The van der Waals surface area contributed by atoms with E-state index in [1.54, 1.807) is 0 Å². The highest BCUT2D eigenvalue weighted by molar-refractivity contribution is 5.85. The molecule has 0 spiro atoms. The number of halogens is 1. The molecule has 1 fully saturated rings. The predicted molar refractivity (Wildman–Crippen MR) is 82.6 cm³/mol. The zero-order chi connectivity index (χ0) is 13.5. The minimum Gasteiger partial charge on any atom is -0.448 e. The molecule has 0 aromatic heterocycles. The highest BCUT2D eigenvalue weighted by Gasteiger charge is 2.13. The highest BCUT2D eigenvalue weighted by atomic mass is 35.5. The van der Waals surface area contributed by atoms with E-state index in [4.69, 9.17) is 4.74 Å². The number of piperazine rings is 1. The fraction of sp³-hybridized carbons (Fsp3) is 0.500. The van der Waals surface area contributed by atoms with Crippen molar-refractivity contribution in [2.24, 2.45) is 0 Å². The molecule has 0 atom stereocenters. The molecule has 1 heterocycles. The molecule has 5 nitrogen and oxygen atoms in total. The molecular weight excluding hydrogens is 278 g/mol. The number of hydrogen-bond acceptors (Lipinski definition) is 4. The Kier molecular flexibility index (Phi) is 7.36. The van der Waals surface area contributed by atoms with Gasteiger partial charge in [-0.3, -0.25) is 10.2 Å². The Balaban J connectivity index is 0.00000200. The van der Waals surface area contributed by atoms with Crippen molar-refractivity contribution in [1.29, 1.82) is 0 Å². The zero-order valence-electron chi connectivity index (χ0n) is 11.7. The minimum atomic E-state index is -0.389. The molecule has 1 saturated heterocycles. The zero-order valence-corrected chi connectivity index (χ0v) is 12.6. The van der Waals surface area contributed by atoms with E-state index in [2.05, 4.69) is 22.2 Å². The topological polar surface area (TPSA) is 44.8 Å². The lowest BCUT2D eigenvalue weighted by Gasteiger charge is -2.31. The van der Waals surface area contributed by atoms with Crippen LogP contribution in [-0.4, -0.2) is 62.3 Å². The third kappa shape index (κ3) is 5.77. The summed E-state index contributed by atoms with van der Waals surface area (Å²) >= 11 is 0. The number of ether oxygens (including phenoxy) is 1. The van der Waals surface area contributed by atoms with Gasteiger partial charge in [0.1, 0.15) is 6.61 Å². The number of nitrogens with zero attached hydrogens (tertiary/aromatic N) is 2. The van der Waals surface area contributed by atoms with E-state index in [-0.39, 0.29) is 18.5 Å². The molecule has 1 aliphatic heterocycles. The Labute approximate surface area is 126 Å². The van der Waals surface area contributed by atoms with Gasteiger partial charge in [-0.15, -0.1) is 12.4 Å². The number of para-hydroxylation sites is 1. The summed E-state index contributed by atoms with van der Waals surface area (Å²) in [5, 5.41) is 2.70. The highest BCUT2D eigenvalue weighted by Crippen LogP contribution is 2.05. The van der Waals surface area contributed by atoms with Gasteiger partial charge in [0.15, 0.2) is 0 Å². The van der Waals surface area contributed by atoms with Gasteiger partial charge in [-0.2, -0.15) is 0 Å². The van der Waals surface area contributed by atoms with E-state index in [9.17, 15) is 4.79 Å². The number of amides is 1. The average Bonchev–Trinajstić information content (AvgIpc) is 2.42. The fourth-order valence-corrected chi connectivity index (χ4v) is 2.01. The molecule has 1 aromatic carbocycles. The van der Waals surface area contributed by atoms with E-state index >= 15 is 0 Å². The first-order valence-corrected chi connectivity index (χ1v) is 6.64. The summed E-state index contributed by atoms with van der Waals surface area (Å²) in [5.74, 6) is 0. The number of carbonyl (C=O) groups excluding carboxylic acids is 1. The van der Waals surface area contributed by atoms with Crippen LogP contribution in [0, 0.1) is 0 Å². The molecule has 1 aliphatic rings. The van der Waals surface area contributed by atoms with E-state index in [1.807, 2.05) is 30.3 Å². The molecule has 0 unspecified atom stereocenters. The van der Waals surface area contributed by atoms with Gasteiger partial charge >= 0.3 is 6.09 Å². The quantitative estimate of drug-likeness (QED) is 0.922. The maximum absolute atomic E-state index is 11.5. The largest absolute Gasteiger partial charge is 0.448 e. The third-order valence-corrected chi connectivity index (χ3v) is 3.26. The van der Waals surface area contributed by atoms with Crippen LogP contribution < -0.4 is 5.32 Å². The van der Waals surface area contributed by atoms with Gasteiger partial charge in [0.2, 0.25) is 0 Å². The van der Waals surface area contributed by atoms with Crippen LogP contribution in [0.2, 0.25) is 0 Å². The molecular formula is C14H22ClN3O2. The summed E-state index contributed by atoms with van der Waals surface area (Å²) in [6, 6.07) is 9.33. The van der Waals surface area contributed by atoms with Crippen LogP contribution in [0.15, 0.2) is 30.3 Å². The summed E-state index contributed by atoms with van der Waals surface area (Å²) in [6.07, 6.45) is -0.389. The molecule has 0 bridgehead atoms. The van der Waals surface area contributed by atoms with Gasteiger partial charge < -0.3 is 9.64 Å². The Hall–Kier alpha value is -1.30. The van der Waals surface area contributed by atoms with E-state index < -0.39 is 0 Å². The third-order valence-electron chi connectivity index (χ3n) is 3.26. The number of anilines is 1. The van der Waals surface area contributed by atoms with Crippen molar-refractivity contribution in [3.63, 3.8) is 0 Å². The normalized spacial score (nSPS) is 16.2. The molecule has 0 saturated carbocycles. The lowest BCUT2D eigenvalue weighted by Crippen LogP contribution is -2.45. The molecule has 1 aromatic rings. The molecule has 2 rings (SSSR count). The van der Waals surface area contributed by atoms with Crippen LogP contribution in [0.1, 0.15) is 0 Å². The Morgan fingerprint density at radius 1 is 1.20 bits per heavy atom. The standard InChI is InChI=1S/C14H21N3O2.ClH/c1-16-7-9-17(10-8-16)11-12-19-14(18)15-13-5-3-2-4-6-13;/h2-6H,7-12H2,1H3,(H,15,18);1H. The maximum atomic E-state index is 11.5. The smallest absolute Gasteiger partial charge is 0.411 e. The van der Waals surface area contributed by atoms with Crippen LogP contribution >= 0.6 is 12.4 Å². The first-order valence-electron chi connectivity index (χ1n) is 6.64. The second-order valence-electron chi connectivity index (χ2n) is 4.77. The number of likely N-dealkylation sites (N-methyl/N-ethyl adjacent to an activating group) is 1. The summed E-state index contributed by atoms with van der Waals surface area (Å²) in [6.45, 7) is 5.48. The lowest BCUT2D eigenvalue weighted by atomic mass is 10.3. The van der Waals surface area contributed by atoms with Crippen molar-refractivity contribution in [2.75, 3.05) is 51.7 Å². The lowest BCUT2D eigenvalue weighted by molar-refractivity contribution is 0.111. The molecule has 112 valence electrons. The fourth-order valence-electron chi connectivity index (χ4n) is 2.01. The summed E-state index contributed by atoms with van der Waals surface area (Å²) < 4.78 is 5.17. The van der Waals surface area contributed by atoms with Crippen molar-refractivity contribution in [1.82, 2.24) is 9.80 Å². The second-order valence-corrected chi connectivity index (χ2v) is 4.77. The van der Waals surface area contributed by atoms with Crippen LogP contribution in [0.5, 0.6) is 0 Å². The Bertz CT molecular complexity index is 395. The molecule has 6 heteroatoms. The van der Waals surface area contributed by atoms with E-state index in [1.165, 1.54) is 0 Å². The monoisotopic (exact) mass is 299 g/mol. The van der Waals surface area contributed by atoms with Crippen molar-refractivity contribution >= 4 is 24.2 Å². The summed E-state index contributed by atoms with van der Waals surface area (Å²) in [5.41, 5.74) is 0.757. The molecule has 0 aliphatic carbocycles. The van der Waals surface area contributed by atoms with Gasteiger partial charge in [0.25, 0.3) is 0 Å². The van der Waals surface area contributed by atoms with Gasteiger partial charge in [-0.05, 0) is 19.2 Å². The Morgan fingerprint density at radius 2 is 1.85 bits per heavy atom. The molecule has 20 heavy (non-hydrogen) atoms. The maximum Gasteiger partial charge on any atom is 0.411 e. The minimum absolute atomic E-state index is 0. The first kappa shape index (κ1) is 16.8. The van der Waals surface area contributed by atoms with Gasteiger partial charge in [0.05, 0.1) is 0 Å². The SMILES string of the molecule is CN1CCN(CCOC(=O)Nc2ccccc2)CC1.Cl. The number of nitrogens with one attached hydrogen (secondary N) is 1. The molecule has 1 N–H and O–H groups in total. The van der Waals surface area contributed by atoms with Crippen LogP contribution in [0.4, 0.5) is 10.5 Å². The Morgan fingerprint density at radius 3 is 2.50 bits per heavy atom. The van der Waals surface area contributed by atoms with Crippen LogP contribution in [0.25, 0.3) is 0 Å². The summed E-state index contributed by atoms with van der Waals surface area (Å²) in [4.78, 5) is 16.2. The van der Waals surface area contributed by atoms with Gasteiger partial charge in [-0.1, -0.05) is 18.2 Å². The van der Waals surface area contributed by atoms with Gasteiger partial charge in [-0.25, -0.2) is 4.79 Å². The average molecular weight is 300 g/mol.